The summed E-state index contributed by atoms with van der Waals surface area (Å²) in [5.41, 5.74) is -0.829. The minimum atomic E-state index is -4.51. The number of benzene rings is 1. The largest absolute Gasteiger partial charge is 0.416 e. The van der Waals surface area contributed by atoms with Crippen LogP contribution in [-0.2, 0) is 6.18 Å². The molecule has 1 amide bonds. The molecule has 1 saturated heterocycles. The second-order valence-corrected chi connectivity index (χ2v) is 5.84. The molecule has 2 heterocycles. The van der Waals surface area contributed by atoms with Crippen molar-refractivity contribution in [3.8, 4) is 0 Å². The Bertz CT molecular complexity index is 794. The molecule has 132 valence electrons. The number of hydrogen-bond donors (Lipinski definition) is 1. The monoisotopic (exact) mass is 354 g/mol. The minimum absolute atomic E-state index is 0.0818. The Morgan fingerprint density at radius 1 is 1.28 bits per heavy atom. The Hall–Kier alpha value is -2.48. The van der Waals surface area contributed by atoms with E-state index in [0.29, 0.717) is 0 Å². The van der Waals surface area contributed by atoms with E-state index in [9.17, 15) is 27.5 Å². The molecule has 8 heteroatoms. The van der Waals surface area contributed by atoms with Crippen molar-refractivity contribution in [2.45, 2.75) is 24.7 Å². The zero-order chi connectivity index (χ0) is 18.2. The Kier molecular flexibility index (Phi) is 4.47. The number of aliphatic hydroxyl groups is 1. The maximum atomic E-state index is 13.8. The lowest BCUT2D eigenvalue weighted by molar-refractivity contribution is -0.137. The van der Waals surface area contributed by atoms with Gasteiger partial charge in [-0.25, -0.2) is 4.39 Å². The van der Waals surface area contributed by atoms with E-state index in [2.05, 4.69) is 4.98 Å². The van der Waals surface area contributed by atoms with Crippen molar-refractivity contribution >= 4 is 5.91 Å². The van der Waals surface area contributed by atoms with Crippen molar-refractivity contribution < 1.29 is 27.5 Å². The van der Waals surface area contributed by atoms with Crippen LogP contribution in [0.25, 0.3) is 0 Å². The first-order chi connectivity index (χ1) is 11.8. The van der Waals surface area contributed by atoms with E-state index in [1.165, 1.54) is 29.3 Å². The average molecular weight is 354 g/mol. The fourth-order valence-electron chi connectivity index (χ4n) is 2.98. The van der Waals surface area contributed by atoms with Gasteiger partial charge in [0.2, 0.25) is 0 Å². The molecular weight excluding hydrogens is 340 g/mol. The first kappa shape index (κ1) is 17.3. The third-order valence-electron chi connectivity index (χ3n) is 4.14. The molecule has 0 radical (unpaired) electrons. The summed E-state index contributed by atoms with van der Waals surface area (Å²) in [4.78, 5) is 17.4. The van der Waals surface area contributed by atoms with Crippen LogP contribution in [-0.4, -0.2) is 33.5 Å². The van der Waals surface area contributed by atoms with E-state index in [4.69, 9.17) is 0 Å². The van der Waals surface area contributed by atoms with Gasteiger partial charge in [0.1, 0.15) is 0 Å². The zero-order valence-electron chi connectivity index (χ0n) is 12.9. The van der Waals surface area contributed by atoms with E-state index in [0.717, 1.165) is 18.3 Å². The lowest BCUT2D eigenvalue weighted by Gasteiger charge is -2.25. The van der Waals surface area contributed by atoms with Gasteiger partial charge in [-0.05, 0) is 30.2 Å². The summed E-state index contributed by atoms with van der Waals surface area (Å²) in [6, 6.07) is 5.03. The van der Waals surface area contributed by atoms with Crippen LogP contribution in [0.1, 0.15) is 33.9 Å². The molecule has 0 spiro atoms. The first-order valence-corrected chi connectivity index (χ1v) is 7.53. The quantitative estimate of drug-likeness (QED) is 0.843. The standard InChI is InChI=1S/C17H14F4N2O2/c18-14-8-22-5-4-13(14)16(25)23-9-12(24)7-15(23)10-2-1-3-11(6-10)17(19,20)21/h1-6,8,12,15,24H,7,9H2/t12-,15+/m0/s1. The number of pyridine rings is 1. The summed E-state index contributed by atoms with van der Waals surface area (Å²) in [6.45, 7) is -0.0818. The highest BCUT2D eigenvalue weighted by Crippen LogP contribution is 2.37. The summed E-state index contributed by atoms with van der Waals surface area (Å²) in [6.07, 6.45) is -3.19. The molecule has 0 bridgehead atoms. The smallest absolute Gasteiger partial charge is 0.391 e. The SMILES string of the molecule is O=C(c1ccncc1F)N1C[C@@H](O)C[C@@H]1c1cccc(C(F)(F)F)c1. The van der Waals surface area contributed by atoms with Crippen molar-refractivity contribution in [3.63, 3.8) is 0 Å². The van der Waals surface area contributed by atoms with Gasteiger partial charge in [0.15, 0.2) is 5.82 Å². The fourth-order valence-corrected chi connectivity index (χ4v) is 2.98. The number of nitrogens with zero attached hydrogens (tertiary/aromatic N) is 2. The molecule has 25 heavy (non-hydrogen) atoms. The van der Waals surface area contributed by atoms with Gasteiger partial charge in [-0.1, -0.05) is 12.1 Å². The number of carbonyl (C=O) groups is 1. The van der Waals surface area contributed by atoms with Crippen LogP contribution >= 0.6 is 0 Å². The van der Waals surface area contributed by atoms with Gasteiger partial charge in [0, 0.05) is 12.7 Å². The van der Waals surface area contributed by atoms with Gasteiger partial charge in [-0.3, -0.25) is 9.78 Å². The number of carbonyl (C=O) groups excluding carboxylic acids is 1. The maximum absolute atomic E-state index is 13.8. The summed E-state index contributed by atoms with van der Waals surface area (Å²) >= 11 is 0. The molecule has 1 aromatic carbocycles. The van der Waals surface area contributed by atoms with Crippen molar-refractivity contribution in [1.29, 1.82) is 0 Å². The third kappa shape index (κ3) is 3.48. The lowest BCUT2D eigenvalue weighted by atomic mass is 10.0. The minimum Gasteiger partial charge on any atom is -0.391 e. The van der Waals surface area contributed by atoms with Gasteiger partial charge in [-0.2, -0.15) is 13.2 Å². The highest BCUT2D eigenvalue weighted by molar-refractivity contribution is 5.94. The predicted molar refractivity (Wildman–Crippen MR) is 80.0 cm³/mol. The van der Waals surface area contributed by atoms with E-state index in [1.54, 1.807) is 0 Å². The molecular formula is C17H14F4N2O2. The van der Waals surface area contributed by atoms with Crippen molar-refractivity contribution in [3.05, 3.63) is 65.2 Å². The summed E-state index contributed by atoms with van der Waals surface area (Å²) in [5.74, 6) is -1.52. The molecule has 2 atom stereocenters. The van der Waals surface area contributed by atoms with E-state index < -0.39 is 35.6 Å². The number of hydrogen-bond acceptors (Lipinski definition) is 3. The van der Waals surface area contributed by atoms with Gasteiger partial charge >= 0.3 is 6.18 Å². The fraction of sp³-hybridized carbons (Fsp3) is 0.294. The highest BCUT2D eigenvalue weighted by atomic mass is 19.4. The Labute approximate surface area is 140 Å². The van der Waals surface area contributed by atoms with Crippen molar-refractivity contribution in [2.75, 3.05) is 6.54 Å². The van der Waals surface area contributed by atoms with Gasteiger partial charge in [-0.15, -0.1) is 0 Å². The highest BCUT2D eigenvalue weighted by Gasteiger charge is 2.38. The molecule has 0 unspecified atom stereocenters. The Morgan fingerprint density at radius 3 is 2.72 bits per heavy atom. The van der Waals surface area contributed by atoms with E-state index in [-0.39, 0.29) is 24.1 Å². The molecule has 1 aliphatic rings. The molecule has 2 aromatic rings. The second kappa shape index (κ2) is 6.44. The van der Waals surface area contributed by atoms with Gasteiger partial charge in [0.05, 0.1) is 29.5 Å². The topological polar surface area (TPSA) is 53.4 Å². The molecule has 1 fully saturated rings. The number of β-amino-alcohol motifs (C(OH)–C–C–N with tert-alkyl or cyclic N) is 1. The Balaban J connectivity index is 1.95. The van der Waals surface area contributed by atoms with Gasteiger partial charge < -0.3 is 10.0 Å². The van der Waals surface area contributed by atoms with Crippen LogP contribution in [0.3, 0.4) is 0 Å². The number of rotatable bonds is 2. The average Bonchev–Trinajstić information content (AvgIpc) is 2.96. The Morgan fingerprint density at radius 2 is 2.04 bits per heavy atom. The number of amides is 1. The third-order valence-corrected chi connectivity index (χ3v) is 4.14. The van der Waals surface area contributed by atoms with Crippen LogP contribution in [0, 0.1) is 5.82 Å². The van der Waals surface area contributed by atoms with Crippen LogP contribution in [0.5, 0.6) is 0 Å². The predicted octanol–water partition coefficient (Wildman–Crippen LogP) is 3.19. The van der Waals surface area contributed by atoms with E-state index in [1.807, 2.05) is 0 Å². The zero-order valence-corrected chi connectivity index (χ0v) is 12.9. The number of alkyl halides is 3. The van der Waals surface area contributed by atoms with Crippen LogP contribution in [0.15, 0.2) is 42.7 Å². The van der Waals surface area contributed by atoms with Crippen LogP contribution in [0.2, 0.25) is 0 Å². The number of aliphatic hydroxyl groups excluding tert-OH is 1. The van der Waals surface area contributed by atoms with Crippen molar-refractivity contribution in [1.82, 2.24) is 9.88 Å². The molecule has 0 aliphatic carbocycles. The summed E-state index contributed by atoms with van der Waals surface area (Å²) in [5, 5.41) is 9.90. The number of likely N-dealkylation sites (tertiary alicyclic amines) is 1. The lowest BCUT2D eigenvalue weighted by Crippen LogP contribution is -2.32. The number of aromatic nitrogens is 1. The molecule has 3 rings (SSSR count). The molecule has 1 aromatic heterocycles. The number of halogens is 4. The first-order valence-electron chi connectivity index (χ1n) is 7.53. The normalized spacial score (nSPS) is 20.8. The maximum Gasteiger partial charge on any atom is 0.416 e. The summed E-state index contributed by atoms with van der Waals surface area (Å²) < 4.78 is 52.6. The molecule has 1 N–H and O–H groups in total. The molecule has 1 aliphatic heterocycles. The molecule has 0 saturated carbocycles. The second-order valence-electron chi connectivity index (χ2n) is 5.84. The van der Waals surface area contributed by atoms with E-state index >= 15 is 0 Å². The van der Waals surface area contributed by atoms with Crippen LogP contribution in [0.4, 0.5) is 17.6 Å². The van der Waals surface area contributed by atoms with Crippen molar-refractivity contribution in [2.24, 2.45) is 0 Å². The molecule has 4 nitrogen and oxygen atoms in total. The summed E-state index contributed by atoms with van der Waals surface area (Å²) in [7, 11) is 0. The van der Waals surface area contributed by atoms with Crippen LogP contribution < -0.4 is 0 Å². The van der Waals surface area contributed by atoms with Gasteiger partial charge in [0.25, 0.3) is 5.91 Å².